The van der Waals surface area contributed by atoms with Gasteiger partial charge in [-0.15, -0.1) is 11.1 Å². The van der Waals surface area contributed by atoms with Crippen molar-refractivity contribution in [2.24, 2.45) is 0 Å². The summed E-state index contributed by atoms with van der Waals surface area (Å²) < 4.78 is 10.5. The number of nitrogens with one attached hydrogen (secondary N) is 1. The van der Waals surface area contributed by atoms with Gasteiger partial charge in [0.25, 0.3) is 0 Å². The predicted molar refractivity (Wildman–Crippen MR) is 184 cm³/mol. The van der Waals surface area contributed by atoms with Crippen LogP contribution in [0.2, 0.25) is 39.3 Å². The van der Waals surface area contributed by atoms with Crippen LogP contribution in [-0.2, 0) is 14.3 Å². The molecule has 3 aromatic rings. The quantitative estimate of drug-likeness (QED) is 0.171. The lowest BCUT2D eigenvalue weighted by atomic mass is 9.91. The Kier molecular flexibility index (Phi) is 10.6. The molecule has 6 nitrogen and oxygen atoms in total. The number of hydrogen-bond donors (Lipinski definition) is 2. The van der Waals surface area contributed by atoms with Crippen molar-refractivity contribution in [3.05, 3.63) is 77.4 Å². The van der Waals surface area contributed by atoms with Gasteiger partial charge in [-0.3, -0.25) is 0 Å². The Hall–Kier alpha value is -4.25. The summed E-state index contributed by atoms with van der Waals surface area (Å²) in [6.45, 7) is 18.4. The second-order valence-corrected chi connectivity index (χ2v) is 23.2. The van der Waals surface area contributed by atoms with Gasteiger partial charge in [-0.2, -0.15) is 0 Å². The van der Waals surface area contributed by atoms with Crippen LogP contribution in [0.15, 0.2) is 60.7 Å². The minimum absolute atomic E-state index is 0.0384. The minimum atomic E-state index is -1.55. The molecule has 0 aliphatic carbocycles. The van der Waals surface area contributed by atoms with Crippen molar-refractivity contribution in [1.82, 2.24) is 5.32 Å². The number of aromatic hydroxyl groups is 1. The largest absolute Gasteiger partial charge is 0.507 e. The van der Waals surface area contributed by atoms with Crippen LogP contribution >= 0.6 is 0 Å². The molecule has 0 saturated carbocycles. The summed E-state index contributed by atoms with van der Waals surface area (Å²) in [5, 5.41) is 14.3. The molecule has 230 valence electrons. The van der Waals surface area contributed by atoms with Gasteiger partial charge in [0.15, 0.2) is 6.04 Å². The molecule has 1 atom stereocenters. The Morgan fingerprint density at radius 2 is 1.18 bits per heavy atom. The van der Waals surface area contributed by atoms with Gasteiger partial charge in [-0.05, 0) is 73.9 Å². The van der Waals surface area contributed by atoms with Gasteiger partial charge in [-0.1, -0.05) is 75.4 Å². The Morgan fingerprint density at radius 3 is 1.52 bits per heavy atom. The number of carbonyl (C=O) groups is 2. The first-order chi connectivity index (χ1) is 20.3. The third-order valence-corrected chi connectivity index (χ3v) is 7.87. The average molecular weight is 626 g/mol. The van der Waals surface area contributed by atoms with Gasteiger partial charge in [-0.25, -0.2) is 9.59 Å². The van der Waals surface area contributed by atoms with Gasteiger partial charge >= 0.3 is 12.1 Å². The first kappa shape index (κ1) is 34.2. The van der Waals surface area contributed by atoms with Crippen LogP contribution in [0, 0.1) is 22.9 Å². The molecule has 0 aliphatic rings. The molecule has 0 aromatic heterocycles. The lowest BCUT2D eigenvalue weighted by molar-refractivity contribution is -0.143. The van der Waals surface area contributed by atoms with Crippen LogP contribution in [-0.4, -0.2) is 46.0 Å². The number of methoxy groups -OCH3 is 1. The van der Waals surface area contributed by atoms with E-state index in [-0.39, 0.29) is 5.75 Å². The lowest BCUT2D eigenvalue weighted by Crippen LogP contribution is -2.38. The third kappa shape index (κ3) is 10.2. The zero-order chi connectivity index (χ0) is 32.9. The van der Waals surface area contributed by atoms with Crippen LogP contribution in [0.3, 0.4) is 0 Å². The Morgan fingerprint density at radius 1 is 0.773 bits per heavy atom. The van der Waals surface area contributed by atoms with Crippen LogP contribution in [0.1, 0.15) is 43.5 Å². The number of rotatable bonds is 5. The van der Waals surface area contributed by atoms with E-state index in [1.165, 1.54) is 7.11 Å². The Balaban J connectivity index is 2.19. The van der Waals surface area contributed by atoms with Gasteiger partial charge < -0.3 is 19.9 Å². The molecule has 0 heterocycles. The average Bonchev–Trinajstić information content (AvgIpc) is 2.92. The number of ether oxygens (including phenoxy) is 2. The van der Waals surface area contributed by atoms with Gasteiger partial charge in [0.2, 0.25) is 0 Å². The highest BCUT2D eigenvalue weighted by Crippen LogP contribution is 2.41. The van der Waals surface area contributed by atoms with Gasteiger partial charge in [0.1, 0.15) is 27.5 Å². The highest BCUT2D eigenvalue weighted by Gasteiger charge is 2.29. The summed E-state index contributed by atoms with van der Waals surface area (Å²) in [5.41, 5.74) is 10.6. The highest BCUT2D eigenvalue weighted by atomic mass is 28.3. The Bertz CT molecular complexity index is 1540. The van der Waals surface area contributed by atoms with E-state index in [1.807, 2.05) is 48.5 Å². The third-order valence-electron chi connectivity index (χ3n) is 6.12. The zero-order valence-corrected chi connectivity index (χ0v) is 29.4. The minimum Gasteiger partial charge on any atom is -0.507 e. The van der Waals surface area contributed by atoms with Gasteiger partial charge in [0, 0.05) is 22.3 Å². The molecule has 0 spiro atoms. The SMILES string of the molecule is COC(=O)[C@H](NC(=O)OC(C)(C)C)c1cc(-c2ccc(C#C[Si](C)(C)C)cc2)c(O)c(-c2ccc(C#C[Si](C)(C)C)cc2)c1. The fourth-order valence-electron chi connectivity index (χ4n) is 4.07. The van der Waals surface area contributed by atoms with Crippen molar-refractivity contribution < 1.29 is 24.2 Å². The van der Waals surface area contributed by atoms with E-state index in [2.05, 4.69) is 67.5 Å². The van der Waals surface area contributed by atoms with E-state index in [9.17, 15) is 14.7 Å². The molecule has 44 heavy (non-hydrogen) atoms. The second-order valence-electron chi connectivity index (χ2n) is 13.7. The van der Waals surface area contributed by atoms with E-state index in [0.717, 1.165) is 22.3 Å². The summed E-state index contributed by atoms with van der Waals surface area (Å²) in [5.74, 6) is 5.87. The summed E-state index contributed by atoms with van der Waals surface area (Å²) in [6, 6.07) is 17.4. The molecule has 0 aliphatic heterocycles. The van der Waals surface area contributed by atoms with Crippen LogP contribution in [0.4, 0.5) is 4.79 Å². The summed E-state index contributed by atoms with van der Waals surface area (Å²) >= 11 is 0. The second kappa shape index (κ2) is 13.6. The fourth-order valence-corrected chi connectivity index (χ4v) is 5.11. The topological polar surface area (TPSA) is 84.9 Å². The number of esters is 1. The maximum absolute atomic E-state index is 13.0. The molecule has 0 bridgehead atoms. The van der Waals surface area contributed by atoms with E-state index < -0.39 is 39.9 Å². The first-order valence-electron chi connectivity index (χ1n) is 14.6. The molecule has 0 unspecified atom stereocenters. The number of alkyl carbamates (subject to hydrolysis) is 1. The van der Waals surface area contributed by atoms with E-state index in [4.69, 9.17) is 9.47 Å². The predicted octanol–water partition coefficient (Wildman–Crippen LogP) is 7.92. The maximum Gasteiger partial charge on any atom is 0.408 e. The number of hydrogen-bond acceptors (Lipinski definition) is 5. The van der Waals surface area contributed by atoms with E-state index in [0.29, 0.717) is 16.7 Å². The number of phenolic OH excluding ortho intramolecular Hbond substituents is 1. The molecule has 0 radical (unpaired) electrons. The monoisotopic (exact) mass is 625 g/mol. The van der Waals surface area contributed by atoms with Crippen molar-refractivity contribution in [1.29, 1.82) is 0 Å². The van der Waals surface area contributed by atoms with Crippen LogP contribution < -0.4 is 5.32 Å². The zero-order valence-electron chi connectivity index (χ0n) is 27.4. The fraction of sp³-hybridized carbons (Fsp3) is 0.333. The standard InChI is InChI=1S/C36H43NO5Si2/c1-36(2,3)42-35(40)37-32(34(39)41-4)29-23-30(27-15-11-25(12-16-27)19-21-43(5,6)7)33(38)31(24-29)28-17-13-26(14-18-28)20-22-44(8,9)10/h11-18,23-24,32,38H,1-10H3,(H,37,40)/t32-/m1/s1. The molecule has 1 amide bonds. The summed E-state index contributed by atoms with van der Waals surface area (Å²) in [6.07, 6.45) is -0.764. The molecule has 3 rings (SSSR count). The maximum atomic E-state index is 13.0. The molecular formula is C36H43NO5Si2. The molecule has 8 heteroatoms. The van der Waals surface area contributed by atoms with Gasteiger partial charge in [0.05, 0.1) is 7.11 Å². The molecule has 0 saturated heterocycles. The molecular weight excluding hydrogens is 583 g/mol. The van der Waals surface area contributed by atoms with Crippen molar-refractivity contribution in [2.45, 2.75) is 71.7 Å². The highest BCUT2D eigenvalue weighted by molar-refractivity contribution is 6.84. The lowest BCUT2D eigenvalue weighted by Gasteiger charge is -2.24. The smallest absolute Gasteiger partial charge is 0.408 e. The number of amides is 1. The normalized spacial score (nSPS) is 12.1. The van der Waals surface area contributed by atoms with Crippen molar-refractivity contribution in [3.63, 3.8) is 0 Å². The number of benzene rings is 3. The summed E-state index contributed by atoms with van der Waals surface area (Å²) in [7, 11) is -1.84. The van der Waals surface area contributed by atoms with Crippen molar-refractivity contribution >= 4 is 28.2 Å². The molecule has 3 aromatic carbocycles. The Labute approximate surface area is 264 Å². The summed E-state index contributed by atoms with van der Waals surface area (Å²) in [4.78, 5) is 25.8. The van der Waals surface area contributed by atoms with Crippen LogP contribution in [0.25, 0.3) is 22.3 Å². The van der Waals surface area contributed by atoms with Crippen LogP contribution in [0.5, 0.6) is 5.75 Å². The van der Waals surface area contributed by atoms with E-state index >= 15 is 0 Å². The molecule has 0 fully saturated rings. The van der Waals surface area contributed by atoms with E-state index in [1.54, 1.807) is 32.9 Å². The van der Waals surface area contributed by atoms with Crippen molar-refractivity contribution in [2.75, 3.05) is 7.11 Å². The first-order valence-corrected chi connectivity index (χ1v) is 21.6. The number of carbonyl (C=O) groups excluding carboxylic acids is 2. The number of phenols is 1. The van der Waals surface area contributed by atoms with Crippen molar-refractivity contribution in [3.8, 4) is 50.9 Å². The molecule has 2 N–H and O–H groups in total.